The number of carbonyl (C=O) groups excluding carboxylic acids is 2. The SMILES string of the molecule is CC(=O)N[C@@]12CCN(C(C)=O)C[C@@H]1CN(Cc1nc3ccccc3n1C(C)C)C2. The van der Waals surface area contributed by atoms with Crippen LogP contribution in [-0.4, -0.2) is 62.9 Å². The van der Waals surface area contributed by atoms with Crippen molar-refractivity contribution in [3.63, 3.8) is 0 Å². The molecule has 0 spiro atoms. The molecule has 1 N–H and O–H groups in total. The molecule has 2 aliphatic rings. The van der Waals surface area contributed by atoms with Gasteiger partial charge in [0.15, 0.2) is 0 Å². The molecule has 7 nitrogen and oxygen atoms in total. The minimum Gasteiger partial charge on any atom is -0.349 e. The smallest absolute Gasteiger partial charge is 0.219 e. The highest BCUT2D eigenvalue weighted by Crippen LogP contribution is 2.36. The largest absolute Gasteiger partial charge is 0.349 e. The number of rotatable bonds is 4. The van der Waals surface area contributed by atoms with Crippen LogP contribution < -0.4 is 5.32 Å². The van der Waals surface area contributed by atoms with Crippen molar-refractivity contribution in [3.05, 3.63) is 30.1 Å². The molecule has 2 aliphatic heterocycles. The summed E-state index contributed by atoms with van der Waals surface area (Å²) >= 11 is 0. The van der Waals surface area contributed by atoms with E-state index in [0.717, 1.165) is 42.9 Å². The summed E-state index contributed by atoms with van der Waals surface area (Å²) in [6.45, 7) is 11.4. The van der Waals surface area contributed by atoms with Crippen LogP contribution in [0.1, 0.15) is 46.0 Å². The summed E-state index contributed by atoms with van der Waals surface area (Å²) in [5.74, 6) is 1.41. The number of nitrogens with zero attached hydrogens (tertiary/aromatic N) is 4. The lowest BCUT2D eigenvalue weighted by molar-refractivity contribution is -0.132. The van der Waals surface area contributed by atoms with E-state index in [1.54, 1.807) is 13.8 Å². The highest BCUT2D eigenvalue weighted by Gasteiger charge is 2.50. The number of hydrogen-bond donors (Lipinski definition) is 1. The average molecular weight is 398 g/mol. The van der Waals surface area contributed by atoms with Crippen LogP contribution in [-0.2, 0) is 16.1 Å². The molecular formula is C22H31N5O2. The van der Waals surface area contributed by atoms with E-state index < -0.39 is 0 Å². The number of piperidine rings is 1. The molecule has 0 radical (unpaired) electrons. The normalized spacial score (nSPS) is 24.9. The van der Waals surface area contributed by atoms with Crippen LogP contribution in [0.15, 0.2) is 24.3 Å². The van der Waals surface area contributed by atoms with Gasteiger partial charge >= 0.3 is 0 Å². The molecule has 2 saturated heterocycles. The van der Waals surface area contributed by atoms with Crippen LogP contribution in [0.4, 0.5) is 0 Å². The van der Waals surface area contributed by atoms with Crippen molar-refractivity contribution >= 4 is 22.8 Å². The number of amides is 2. The van der Waals surface area contributed by atoms with Crippen molar-refractivity contribution in [2.75, 3.05) is 26.2 Å². The van der Waals surface area contributed by atoms with Gasteiger partial charge in [0, 0.05) is 52.0 Å². The zero-order valence-electron chi connectivity index (χ0n) is 17.8. The number of para-hydroxylation sites is 2. The van der Waals surface area contributed by atoms with E-state index in [2.05, 4.69) is 46.8 Å². The van der Waals surface area contributed by atoms with Gasteiger partial charge in [0.1, 0.15) is 5.82 Å². The number of aromatic nitrogens is 2. The summed E-state index contributed by atoms with van der Waals surface area (Å²) in [4.78, 5) is 33.1. The second-order valence-electron chi connectivity index (χ2n) is 8.90. The summed E-state index contributed by atoms with van der Waals surface area (Å²) < 4.78 is 2.31. The van der Waals surface area contributed by atoms with E-state index in [9.17, 15) is 9.59 Å². The molecule has 1 aromatic heterocycles. The molecule has 156 valence electrons. The predicted octanol–water partition coefficient (Wildman–Crippen LogP) is 2.18. The Labute approximate surface area is 172 Å². The molecule has 0 unspecified atom stereocenters. The Hall–Kier alpha value is -2.41. The number of likely N-dealkylation sites (tertiary alicyclic amines) is 2. The zero-order valence-corrected chi connectivity index (χ0v) is 17.8. The molecule has 29 heavy (non-hydrogen) atoms. The van der Waals surface area contributed by atoms with Gasteiger partial charge in [-0.2, -0.15) is 0 Å². The quantitative estimate of drug-likeness (QED) is 0.859. The summed E-state index contributed by atoms with van der Waals surface area (Å²) in [6.07, 6.45) is 0.800. The monoisotopic (exact) mass is 397 g/mol. The van der Waals surface area contributed by atoms with E-state index in [1.807, 2.05) is 11.0 Å². The van der Waals surface area contributed by atoms with E-state index in [1.165, 1.54) is 0 Å². The van der Waals surface area contributed by atoms with Crippen LogP contribution in [0, 0.1) is 5.92 Å². The maximum atomic E-state index is 12.0. The van der Waals surface area contributed by atoms with Gasteiger partial charge in [-0.25, -0.2) is 4.98 Å². The van der Waals surface area contributed by atoms with Crippen molar-refractivity contribution < 1.29 is 9.59 Å². The van der Waals surface area contributed by atoms with Crippen LogP contribution in [0.25, 0.3) is 11.0 Å². The molecule has 2 aromatic rings. The lowest BCUT2D eigenvalue weighted by Crippen LogP contribution is -2.61. The highest BCUT2D eigenvalue weighted by molar-refractivity contribution is 5.76. The molecule has 4 rings (SSSR count). The van der Waals surface area contributed by atoms with E-state index in [0.29, 0.717) is 19.1 Å². The Morgan fingerprint density at radius 3 is 2.69 bits per heavy atom. The third-order valence-corrected chi connectivity index (χ3v) is 6.46. The summed E-state index contributed by atoms with van der Waals surface area (Å²) in [6, 6.07) is 8.58. The number of hydrogen-bond acceptors (Lipinski definition) is 4. The van der Waals surface area contributed by atoms with Crippen molar-refractivity contribution in [2.45, 2.75) is 52.2 Å². The van der Waals surface area contributed by atoms with Crippen molar-refractivity contribution in [3.8, 4) is 0 Å². The fourth-order valence-corrected chi connectivity index (χ4v) is 5.23. The lowest BCUT2D eigenvalue weighted by Gasteiger charge is -2.43. The summed E-state index contributed by atoms with van der Waals surface area (Å²) in [7, 11) is 0. The fraction of sp³-hybridized carbons (Fsp3) is 0.591. The van der Waals surface area contributed by atoms with Crippen LogP contribution in [0.2, 0.25) is 0 Å². The van der Waals surface area contributed by atoms with Crippen molar-refractivity contribution in [1.29, 1.82) is 0 Å². The Morgan fingerprint density at radius 2 is 2.00 bits per heavy atom. The van der Waals surface area contributed by atoms with Gasteiger partial charge in [-0.3, -0.25) is 14.5 Å². The Bertz CT molecular complexity index is 936. The van der Waals surface area contributed by atoms with Crippen molar-refractivity contribution in [2.24, 2.45) is 5.92 Å². The van der Waals surface area contributed by atoms with Crippen molar-refractivity contribution in [1.82, 2.24) is 24.7 Å². The summed E-state index contributed by atoms with van der Waals surface area (Å²) in [5, 5.41) is 3.25. The van der Waals surface area contributed by atoms with Crippen LogP contribution in [0.5, 0.6) is 0 Å². The average Bonchev–Trinajstić information content (AvgIpc) is 3.17. The number of carbonyl (C=O) groups is 2. The zero-order chi connectivity index (χ0) is 20.8. The van der Waals surface area contributed by atoms with Gasteiger partial charge in [-0.05, 0) is 32.4 Å². The third kappa shape index (κ3) is 3.64. The molecule has 0 saturated carbocycles. The molecule has 2 fully saturated rings. The topological polar surface area (TPSA) is 70.5 Å². The fourth-order valence-electron chi connectivity index (χ4n) is 5.23. The maximum absolute atomic E-state index is 12.0. The minimum atomic E-state index is -0.257. The van der Waals surface area contributed by atoms with Gasteiger partial charge in [-0.15, -0.1) is 0 Å². The standard InChI is InChI=1S/C22H31N5O2/c1-15(2)27-20-8-6-5-7-19(20)23-21(27)13-25-11-18-12-26(17(4)29)10-9-22(18,14-25)24-16(3)28/h5-8,15,18H,9-14H2,1-4H3,(H,24,28)/t18-,22+/m0/s1. The second-order valence-corrected chi connectivity index (χ2v) is 8.90. The van der Waals surface area contributed by atoms with Gasteiger partial charge in [-0.1, -0.05) is 12.1 Å². The number of imidazole rings is 1. The van der Waals surface area contributed by atoms with E-state index in [4.69, 9.17) is 4.98 Å². The first-order chi connectivity index (χ1) is 13.8. The Kier molecular flexibility index (Phi) is 5.11. The number of benzene rings is 1. The first-order valence-corrected chi connectivity index (χ1v) is 10.5. The number of fused-ring (bicyclic) bond motifs is 2. The molecule has 0 aliphatic carbocycles. The predicted molar refractivity (Wildman–Crippen MR) is 112 cm³/mol. The van der Waals surface area contributed by atoms with Crippen LogP contribution >= 0.6 is 0 Å². The minimum absolute atomic E-state index is 0.00236. The van der Waals surface area contributed by atoms with Gasteiger partial charge in [0.05, 0.1) is 23.1 Å². The first kappa shape index (κ1) is 19.9. The molecule has 7 heteroatoms. The van der Waals surface area contributed by atoms with Gasteiger partial charge in [0.25, 0.3) is 0 Å². The maximum Gasteiger partial charge on any atom is 0.219 e. The Balaban J connectivity index is 1.61. The number of nitrogens with one attached hydrogen (secondary N) is 1. The molecule has 2 atom stereocenters. The van der Waals surface area contributed by atoms with E-state index >= 15 is 0 Å². The molecule has 1 aromatic carbocycles. The van der Waals surface area contributed by atoms with E-state index in [-0.39, 0.29) is 23.3 Å². The second kappa shape index (κ2) is 7.44. The highest BCUT2D eigenvalue weighted by atomic mass is 16.2. The Morgan fingerprint density at radius 1 is 1.24 bits per heavy atom. The molecule has 0 bridgehead atoms. The first-order valence-electron chi connectivity index (χ1n) is 10.5. The lowest BCUT2D eigenvalue weighted by atomic mass is 9.80. The molecular weight excluding hydrogens is 366 g/mol. The molecule has 3 heterocycles. The van der Waals surface area contributed by atoms with Gasteiger partial charge < -0.3 is 14.8 Å². The van der Waals surface area contributed by atoms with Crippen LogP contribution in [0.3, 0.4) is 0 Å². The molecule has 2 amide bonds. The third-order valence-electron chi connectivity index (χ3n) is 6.46. The van der Waals surface area contributed by atoms with Gasteiger partial charge in [0.2, 0.25) is 11.8 Å². The summed E-state index contributed by atoms with van der Waals surface area (Å²) in [5.41, 5.74) is 1.92.